The van der Waals surface area contributed by atoms with Crippen molar-refractivity contribution in [2.24, 2.45) is 5.92 Å². The Morgan fingerprint density at radius 2 is 2.03 bits per heavy atom. The van der Waals surface area contributed by atoms with E-state index in [9.17, 15) is 9.59 Å². The van der Waals surface area contributed by atoms with Crippen molar-refractivity contribution < 1.29 is 0 Å². The van der Waals surface area contributed by atoms with E-state index in [-0.39, 0.29) is 0 Å². The normalized spacial score (nSPS) is 18.7. The SMILES string of the molecule is CC(C)CN1CCN(Cc2ccn3ncc(-n4ccc(=O)[nH]c4=O)c3c2)C[C@@H]1C. The van der Waals surface area contributed by atoms with Crippen LogP contribution in [0.2, 0.25) is 0 Å². The van der Waals surface area contributed by atoms with Crippen LogP contribution in [0.1, 0.15) is 26.3 Å². The molecule has 3 aromatic heterocycles. The van der Waals surface area contributed by atoms with Gasteiger partial charge < -0.3 is 0 Å². The molecule has 0 aliphatic carbocycles. The lowest BCUT2D eigenvalue weighted by Crippen LogP contribution is -2.52. The lowest BCUT2D eigenvalue weighted by atomic mass is 10.1. The molecule has 4 rings (SSSR count). The molecule has 0 aromatic carbocycles. The predicted molar refractivity (Wildman–Crippen MR) is 113 cm³/mol. The lowest BCUT2D eigenvalue weighted by molar-refractivity contribution is 0.0702. The molecule has 8 nitrogen and oxygen atoms in total. The summed E-state index contributed by atoms with van der Waals surface area (Å²) in [6, 6.07) is 6.03. The van der Waals surface area contributed by atoms with Crippen LogP contribution in [-0.4, -0.2) is 61.2 Å². The summed E-state index contributed by atoms with van der Waals surface area (Å²) in [6.45, 7) is 12.0. The van der Waals surface area contributed by atoms with E-state index in [1.54, 1.807) is 10.7 Å². The van der Waals surface area contributed by atoms with E-state index in [1.807, 2.05) is 6.20 Å². The molecular weight excluding hydrogens is 368 g/mol. The molecule has 0 spiro atoms. The molecule has 154 valence electrons. The summed E-state index contributed by atoms with van der Waals surface area (Å²) in [7, 11) is 0. The van der Waals surface area contributed by atoms with Gasteiger partial charge in [0.2, 0.25) is 0 Å². The van der Waals surface area contributed by atoms with Gasteiger partial charge in [-0.2, -0.15) is 5.10 Å². The molecule has 8 heteroatoms. The highest BCUT2D eigenvalue weighted by Crippen LogP contribution is 2.19. The molecule has 1 fully saturated rings. The highest BCUT2D eigenvalue weighted by atomic mass is 16.2. The van der Waals surface area contributed by atoms with Crippen LogP contribution in [0.4, 0.5) is 0 Å². The first-order valence-corrected chi connectivity index (χ1v) is 10.2. The van der Waals surface area contributed by atoms with Crippen molar-refractivity contribution in [2.45, 2.75) is 33.4 Å². The van der Waals surface area contributed by atoms with Crippen molar-refractivity contribution in [1.29, 1.82) is 0 Å². The van der Waals surface area contributed by atoms with Gasteiger partial charge in [0.25, 0.3) is 5.56 Å². The number of nitrogens with zero attached hydrogens (tertiary/aromatic N) is 5. The van der Waals surface area contributed by atoms with E-state index in [0.717, 1.165) is 38.2 Å². The molecule has 0 unspecified atom stereocenters. The molecule has 1 saturated heterocycles. The van der Waals surface area contributed by atoms with E-state index in [1.165, 1.54) is 22.4 Å². The number of H-pyrrole nitrogens is 1. The number of hydrogen-bond acceptors (Lipinski definition) is 5. The van der Waals surface area contributed by atoms with Gasteiger partial charge in [-0.1, -0.05) is 13.8 Å². The number of piperazine rings is 1. The van der Waals surface area contributed by atoms with E-state index < -0.39 is 11.2 Å². The zero-order valence-corrected chi connectivity index (χ0v) is 17.2. The van der Waals surface area contributed by atoms with Crippen LogP contribution in [0.15, 0.2) is 46.4 Å². The maximum atomic E-state index is 12.2. The second-order valence-corrected chi connectivity index (χ2v) is 8.35. The summed E-state index contributed by atoms with van der Waals surface area (Å²) in [5.74, 6) is 0.683. The van der Waals surface area contributed by atoms with Crippen LogP contribution >= 0.6 is 0 Å². The smallest absolute Gasteiger partial charge is 0.298 e. The summed E-state index contributed by atoms with van der Waals surface area (Å²) >= 11 is 0. The number of hydrogen-bond donors (Lipinski definition) is 1. The second-order valence-electron chi connectivity index (χ2n) is 8.35. The monoisotopic (exact) mass is 396 g/mol. The summed E-state index contributed by atoms with van der Waals surface area (Å²) in [5.41, 5.74) is 1.80. The Kier molecular flexibility index (Phi) is 5.38. The first-order valence-electron chi connectivity index (χ1n) is 10.2. The Labute approximate surface area is 169 Å². The molecular formula is C21H28N6O2. The molecule has 4 heterocycles. The van der Waals surface area contributed by atoms with Crippen LogP contribution in [0.25, 0.3) is 11.2 Å². The zero-order valence-electron chi connectivity index (χ0n) is 17.2. The fraction of sp³-hybridized carbons (Fsp3) is 0.476. The average molecular weight is 396 g/mol. The van der Waals surface area contributed by atoms with Crippen molar-refractivity contribution >= 4 is 5.52 Å². The third-order valence-corrected chi connectivity index (χ3v) is 5.50. The van der Waals surface area contributed by atoms with Crippen LogP contribution in [0.3, 0.4) is 0 Å². The summed E-state index contributed by atoms with van der Waals surface area (Å²) in [4.78, 5) is 30.9. The highest BCUT2D eigenvalue weighted by Gasteiger charge is 2.24. The van der Waals surface area contributed by atoms with Crippen LogP contribution in [0, 0.1) is 5.92 Å². The van der Waals surface area contributed by atoms with Crippen molar-refractivity contribution in [2.75, 3.05) is 26.2 Å². The summed E-state index contributed by atoms with van der Waals surface area (Å²) < 4.78 is 3.17. The van der Waals surface area contributed by atoms with Gasteiger partial charge >= 0.3 is 5.69 Å². The second kappa shape index (κ2) is 7.96. The van der Waals surface area contributed by atoms with Gasteiger partial charge in [0.15, 0.2) is 0 Å². The molecule has 1 aliphatic heterocycles. The van der Waals surface area contributed by atoms with Crippen molar-refractivity contribution in [3.63, 3.8) is 0 Å². The van der Waals surface area contributed by atoms with E-state index in [0.29, 0.717) is 17.6 Å². The van der Waals surface area contributed by atoms with Crippen LogP contribution in [-0.2, 0) is 6.54 Å². The quantitative estimate of drug-likeness (QED) is 0.704. The Hall–Kier alpha value is -2.71. The van der Waals surface area contributed by atoms with Gasteiger partial charge in [0.05, 0.1) is 17.4 Å². The highest BCUT2D eigenvalue weighted by molar-refractivity contribution is 5.64. The Bertz CT molecular complexity index is 1110. The van der Waals surface area contributed by atoms with E-state index in [4.69, 9.17) is 0 Å². The molecule has 1 aliphatic rings. The first-order chi connectivity index (χ1) is 13.9. The molecule has 0 saturated carbocycles. The number of fused-ring (bicyclic) bond motifs is 1. The van der Waals surface area contributed by atoms with E-state index >= 15 is 0 Å². The number of aromatic nitrogens is 4. The third-order valence-electron chi connectivity index (χ3n) is 5.50. The van der Waals surface area contributed by atoms with Crippen molar-refractivity contribution in [3.8, 4) is 5.69 Å². The maximum absolute atomic E-state index is 12.2. The zero-order chi connectivity index (χ0) is 20.5. The van der Waals surface area contributed by atoms with Crippen LogP contribution < -0.4 is 11.2 Å². The number of pyridine rings is 1. The van der Waals surface area contributed by atoms with Gasteiger partial charge in [-0.25, -0.2) is 9.31 Å². The van der Waals surface area contributed by atoms with Gasteiger partial charge in [0, 0.05) is 57.2 Å². The van der Waals surface area contributed by atoms with E-state index in [2.05, 4.69) is 52.8 Å². The molecule has 1 N–H and O–H groups in total. The third kappa shape index (κ3) is 4.18. The molecule has 0 bridgehead atoms. The van der Waals surface area contributed by atoms with Crippen molar-refractivity contribution in [3.05, 3.63) is 63.2 Å². The summed E-state index contributed by atoms with van der Waals surface area (Å²) in [6.07, 6.45) is 5.05. The minimum Gasteiger partial charge on any atom is -0.298 e. The fourth-order valence-corrected chi connectivity index (χ4v) is 4.12. The Morgan fingerprint density at radius 1 is 1.21 bits per heavy atom. The number of aromatic amines is 1. The Balaban J connectivity index is 1.55. The summed E-state index contributed by atoms with van der Waals surface area (Å²) in [5, 5.41) is 4.34. The minimum atomic E-state index is -0.465. The van der Waals surface area contributed by atoms with Gasteiger partial charge in [-0.3, -0.25) is 24.1 Å². The maximum Gasteiger partial charge on any atom is 0.333 e. The minimum absolute atomic E-state index is 0.408. The molecule has 0 amide bonds. The largest absolute Gasteiger partial charge is 0.333 e. The molecule has 3 aromatic rings. The number of rotatable bonds is 5. The molecule has 29 heavy (non-hydrogen) atoms. The Morgan fingerprint density at radius 3 is 2.76 bits per heavy atom. The first kappa shape index (κ1) is 19.6. The molecule has 0 radical (unpaired) electrons. The van der Waals surface area contributed by atoms with Crippen molar-refractivity contribution in [1.82, 2.24) is 29.0 Å². The predicted octanol–water partition coefficient (Wildman–Crippen LogP) is 1.34. The van der Waals surface area contributed by atoms with Gasteiger partial charge in [-0.05, 0) is 30.5 Å². The average Bonchev–Trinajstić information content (AvgIpc) is 3.07. The van der Waals surface area contributed by atoms with Gasteiger partial charge in [0.1, 0.15) is 0 Å². The standard InChI is InChI=1S/C21H28N6O2/c1-15(2)12-25-9-8-24(13-16(25)3)14-17-4-7-27-18(10-17)19(11-22-27)26-6-5-20(28)23-21(26)29/h4-7,10-11,15-16H,8-9,12-14H2,1-3H3,(H,23,28,29)/t16-/m0/s1. The topological polar surface area (TPSA) is 78.6 Å². The number of nitrogens with one attached hydrogen (secondary N) is 1. The van der Waals surface area contributed by atoms with Crippen LogP contribution in [0.5, 0.6) is 0 Å². The van der Waals surface area contributed by atoms with Gasteiger partial charge in [-0.15, -0.1) is 0 Å². The lowest BCUT2D eigenvalue weighted by Gasteiger charge is -2.40. The molecule has 1 atom stereocenters. The fourth-order valence-electron chi connectivity index (χ4n) is 4.12.